The van der Waals surface area contributed by atoms with Crippen LogP contribution in [-0.2, 0) is 9.59 Å². The molecule has 1 aromatic rings. The molecule has 0 bridgehead atoms. The highest BCUT2D eigenvalue weighted by Gasteiger charge is 2.45. The first-order valence-electron chi connectivity index (χ1n) is 7.86. The van der Waals surface area contributed by atoms with Gasteiger partial charge in [0.2, 0.25) is 11.8 Å². The van der Waals surface area contributed by atoms with Crippen molar-refractivity contribution in [1.29, 1.82) is 0 Å². The van der Waals surface area contributed by atoms with E-state index < -0.39 is 11.5 Å². The number of aliphatic hydroxyl groups excluding tert-OH is 1. The van der Waals surface area contributed by atoms with Crippen molar-refractivity contribution in [2.75, 3.05) is 13.2 Å². The fourth-order valence-electron chi connectivity index (χ4n) is 2.80. The fraction of sp³-hybridized carbons (Fsp3) is 0.556. The van der Waals surface area contributed by atoms with Crippen molar-refractivity contribution in [3.63, 3.8) is 0 Å². The number of aliphatic hydroxyl groups is 1. The van der Waals surface area contributed by atoms with Gasteiger partial charge in [-0.05, 0) is 37.5 Å². The minimum absolute atomic E-state index is 0.0228. The minimum Gasteiger partial charge on any atom is -0.490 e. The summed E-state index contributed by atoms with van der Waals surface area (Å²) in [5.74, 6) is 0.287. The molecule has 0 aliphatic carbocycles. The Hall–Kier alpha value is -1.88. The van der Waals surface area contributed by atoms with E-state index in [0.29, 0.717) is 0 Å². The SMILES string of the molecule is Cc1ccc(C)c(OC[C@@H](O)CN2C(=O)CC(C)(C)C2=O)c1C. The molecule has 0 radical (unpaired) electrons. The lowest BCUT2D eigenvalue weighted by atomic mass is 9.92. The van der Waals surface area contributed by atoms with Gasteiger partial charge in [-0.2, -0.15) is 0 Å². The van der Waals surface area contributed by atoms with E-state index >= 15 is 0 Å². The van der Waals surface area contributed by atoms with E-state index in [9.17, 15) is 14.7 Å². The minimum atomic E-state index is -0.906. The topological polar surface area (TPSA) is 66.8 Å². The van der Waals surface area contributed by atoms with E-state index in [1.807, 2.05) is 32.9 Å². The van der Waals surface area contributed by atoms with Gasteiger partial charge >= 0.3 is 0 Å². The number of β-amino-alcohol motifs (C(OH)–C–C–N with tert-alkyl or cyclic N) is 1. The van der Waals surface area contributed by atoms with Gasteiger partial charge in [0.15, 0.2) is 0 Å². The van der Waals surface area contributed by atoms with Crippen molar-refractivity contribution in [3.05, 3.63) is 28.8 Å². The number of imide groups is 1. The second kappa shape index (κ2) is 6.32. The summed E-state index contributed by atoms with van der Waals surface area (Å²) in [5, 5.41) is 10.2. The maximum absolute atomic E-state index is 12.2. The first-order valence-corrected chi connectivity index (χ1v) is 7.86. The lowest BCUT2D eigenvalue weighted by Gasteiger charge is -2.22. The molecule has 1 aliphatic heterocycles. The number of amides is 2. The van der Waals surface area contributed by atoms with Crippen LogP contribution in [0, 0.1) is 26.2 Å². The van der Waals surface area contributed by atoms with Gasteiger partial charge in [0, 0.05) is 6.42 Å². The van der Waals surface area contributed by atoms with Crippen molar-refractivity contribution in [1.82, 2.24) is 4.90 Å². The van der Waals surface area contributed by atoms with E-state index in [1.54, 1.807) is 13.8 Å². The highest BCUT2D eigenvalue weighted by molar-refractivity contribution is 6.05. The maximum atomic E-state index is 12.2. The summed E-state index contributed by atoms with van der Waals surface area (Å²) >= 11 is 0. The number of aryl methyl sites for hydroxylation is 2. The predicted molar refractivity (Wildman–Crippen MR) is 87.3 cm³/mol. The van der Waals surface area contributed by atoms with Crippen LogP contribution in [0.25, 0.3) is 0 Å². The van der Waals surface area contributed by atoms with Gasteiger partial charge in [-0.3, -0.25) is 14.5 Å². The Kier molecular flexibility index (Phi) is 4.80. The van der Waals surface area contributed by atoms with Crippen LogP contribution in [0.5, 0.6) is 5.75 Å². The zero-order valence-corrected chi connectivity index (χ0v) is 14.5. The fourth-order valence-corrected chi connectivity index (χ4v) is 2.80. The molecule has 0 aromatic heterocycles. The Labute approximate surface area is 137 Å². The molecule has 1 saturated heterocycles. The molecule has 2 rings (SSSR count). The lowest BCUT2D eigenvalue weighted by molar-refractivity contribution is -0.142. The number of carbonyl (C=O) groups excluding carboxylic acids is 2. The summed E-state index contributed by atoms with van der Waals surface area (Å²) < 4.78 is 5.74. The van der Waals surface area contributed by atoms with Gasteiger partial charge in [-0.25, -0.2) is 0 Å². The quantitative estimate of drug-likeness (QED) is 0.844. The molecule has 1 N–H and O–H groups in total. The summed E-state index contributed by atoms with van der Waals surface area (Å²) in [6.45, 7) is 9.44. The molecule has 5 nitrogen and oxygen atoms in total. The van der Waals surface area contributed by atoms with E-state index in [-0.39, 0.29) is 31.4 Å². The molecular formula is C18H25NO4. The van der Waals surface area contributed by atoms with Crippen molar-refractivity contribution < 1.29 is 19.4 Å². The number of likely N-dealkylation sites (tertiary alicyclic amines) is 1. The second-order valence-corrected chi connectivity index (χ2v) is 6.99. The molecule has 1 fully saturated rings. The van der Waals surface area contributed by atoms with Crippen molar-refractivity contribution in [2.45, 2.75) is 47.1 Å². The molecule has 0 unspecified atom stereocenters. The first kappa shape index (κ1) is 17.5. The van der Waals surface area contributed by atoms with Crippen LogP contribution in [-0.4, -0.2) is 41.1 Å². The molecule has 1 heterocycles. The second-order valence-electron chi connectivity index (χ2n) is 6.99. The molecule has 5 heteroatoms. The summed E-state index contributed by atoms with van der Waals surface area (Å²) in [4.78, 5) is 25.2. The third-order valence-corrected chi connectivity index (χ3v) is 4.41. The van der Waals surface area contributed by atoms with Crippen molar-refractivity contribution in [2.24, 2.45) is 5.41 Å². The summed E-state index contributed by atoms with van der Waals surface area (Å²) in [5.41, 5.74) is 2.47. The molecule has 0 saturated carbocycles. The maximum Gasteiger partial charge on any atom is 0.235 e. The Morgan fingerprint density at radius 1 is 1.22 bits per heavy atom. The highest BCUT2D eigenvalue weighted by atomic mass is 16.5. The van der Waals surface area contributed by atoms with Gasteiger partial charge in [0.05, 0.1) is 12.0 Å². The Morgan fingerprint density at radius 3 is 2.39 bits per heavy atom. The summed E-state index contributed by atoms with van der Waals surface area (Å²) in [6.07, 6.45) is -0.716. The molecular weight excluding hydrogens is 294 g/mol. The summed E-state index contributed by atoms with van der Waals surface area (Å²) in [7, 11) is 0. The first-order chi connectivity index (χ1) is 10.6. The monoisotopic (exact) mass is 319 g/mol. The van der Waals surface area contributed by atoms with Gasteiger partial charge < -0.3 is 9.84 Å². The number of carbonyl (C=O) groups is 2. The normalized spacial score (nSPS) is 18.4. The largest absolute Gasteiger partial charge is 0.490 e. The average molecular weight is 319 g/mol. The molecule has 1 aromatic carbocycles. The Balaban J connectivity index is 1.99. The number of hydrogen-bond acceptors (Lipinski definition) is 4. The van der Waals surface area contributed by atoms with Crippen LogP contribution >= 0.6 is 0 Å². The summed E-state index contributed by atoms with van der Waals surface area (Å²) in [6, 6.07) is 4.00. The molecule has 2 amide bonds. The van der Waals surface area contributed by atoms with Gasteiger partial charge in [-0.15, -0.1) is 0 Å². The number of hydrogen-bond donors (Lipinski definition) is 1. The van der Waals surface area contributed by atoms with Gasteiger partial charge in [0.25, 0.3) is 0 Å². The van der Waals surface area contributed by atoms with Crippen LogP contribution in [0.2, 0.25) is 0 Å². The van der Waals surface area contributed by atoms with E-state index in [2.05, 4.69) is 0 Å². The third-order valence-electron chi connectivity index (χ3n) is 4.41. The lowest BCUT2D eigenvalue weighted by Crippen LogP contribution is -2.40. The molecule has 23 heavy (non-hydrogen) atoms. The number of nitrogens with zero attached hydrogens (tertiary/aromatic N) is 1. The van der Waals surface area contributed by atoms with E-state index in [4.69, 9.17) is 4.74 Å². The third kappa shape index (κ3) is 3.55. The smallest absolute Gasteiger partial charge is 0.235 e. The van der Waals surface area contributed by atoms with E-state index in [1.165, 1.54) is 0 Å². The molecule has 0 spiro atoms. The van der Waals surface area contributed by atoms with Gasteiger partial charge in [-0.1, -0.05) is 26.0 Å². The number of benzene rings is 1. The van der Waals surface area contributed by atoms with E-state index in [0.717, 1.165) is 27.3 Å². The standard InChI is InChI=1S/C18H25NO4/c1-11-6-7-12(2)16(13(11)3)23-10-14(20)9-19-15(21)8-18(4,5)17(19)22/h6-7,14,20H,8-10H2,1-5H3/t14-/m0/s1. The van der Waals surface area contributed by atoms with Crippen LogP contribution in [0.1, 0.15) is 37.0 Å². The predicted octanol–water partition coefficient (Wildman–Crippen LogP) is 2.14. The zero-order valence-electron chi connectivity index (χ0n) is 14.5. The van der Waals surface area contributed by atoms with Crippen molar-refractivity contribution >= 4 is 11.8 Å². The number of ether oxygens (including phenoxy) is 1. The molecule has 1 atom stereocenters. The zero-order chi connectivity index (χ0) is 17.4. The van der Waals surface area contributed by atoms with Crippen LogP contribution in [0.15, 0.2) is 12.1 Å². The van der Waals surface area contributed by atoms with Gasteiger partial charge in [0.1, 0.15) is 18.5 Å². The molecule has 126 valence electrons. The Bertz CT molecular complexity index is 636. The van der Waals surface area contributed by atoms with Crippen LogP contribution < -0.4 is 4.74 Å². The van der Waals surface area contributed by atoms with Crippen LogP contribution in [0.3, 0.4) is 0 Å². The van der Waals surface area contributed by atoms with Crippen LogP contribution in [0.4, 0.5) is 0 Å². The highest BCUT2D eigenvalue weighted by Crippen LogP contribution is 2.31. The molecule has 1 aliphatic rings. The average Bonchev–Trinajstić information content (AvgIpc) is 2.65. The number of rotatable bonds is 5. The Morgan fingerprint density at radius 2 is 1.83 bits per heavy atom. The van der Waals surface area contributed by atoms with Crippen molar-refractivity contribution in [3.8, 4) is 5.75 Å².